The number of nitrogens with zero attached hydrogens (tertiary/aromatic N) is 2. The molecule has 1 aliphatic rings. The Balaban J connectivity index is 2.09. The molecule has 1 heterocycles. The Kier molecular flexibility index (Phi) is 5.03. The molecule has 0 bridgehead atoms. The highest BCUT2D eigenvalue weighted by atomic mass is 35.5. The van der Waals surface area contributed by atoms with E-state index in [9.17, 15) is 0 Å². The van der Waals surface area contributed by atoms with Crippen molar-refractivity contribution in [3.8, 4) is 0 Å². The van der Waals surface area contributed by atoms with Crippen LogP contribution in [0.3, 0.4) is 0 Å². The summed E-state index contributed by atoms with van der Waals surface area (Å²) in [4.78, 5) is 4.79. The third-order valence-corrected chi connectivity index (χ3v) is 5.91. The number of imidazole rings is 1. The molecule has 1 aromatic carbocycles. The average Bonchev–Trinajstić information content (AvgIpc) is 3.03. The maximum absolute atomic E-state index is 6.21. The fourth-order valence-corrected chi connectivity index (χ4v) is 4.93. The molecule has 114 valence electrons. The van der Waals surface area contributed by atoms with Crippen LogP contribution in [0, 0.1) is 0 Å². The standard InChI is InChI=1S/C16H20Cl2N2S/c1-2-21-15-5-3-4-13(15)20-14-10-11(18)6-7-12(14)19-16(20)8-9-17/h6-7,10,13,15H,2-5,8-9H2,1H3. The molecule has 1 aromatic heterocycles. The van der Waals surface area contributed by atoms with Crippen molar-refractivity contribution in [1.29, 1.82) is 0 Å². The van der Waals surface area contributed by atoms with Crippen molar-refractivity contribution in [3.63, 3.8) is 0 Å². The van der Waals surface area contributed by atoms with E-state index in [1.54, 1.807) is 0 Å². The Hall–Kier alpha value is -0.380. The fourth-order valence-electron chi connectivity index (χ4n) is 3.36. The van der Waals surface area contributed by atoms with Gasteiger partial charge >= 0.3 is 0 Å². The Labute approximate surface area is 140 Å². The molecule has 3 rings (SSSR count). The molecular formula is C16H20Cl2N2S. The van der Waals surface area contributed by atoms with Crippen LogP contribution in [-0.2, 0) is 6.42 Å². The van der Waals surface area contributed by atoms with Gasteiger partial charge in [-0.3, -0.25) is 0 Å². The Morgan fingerprint density at radius 1 is 1.38 bits per heavy atom. The molecule has 2 unspecified atom stereocenters. The number of thioether (sulfide) groups is 1. The largest absolute Gasteiger partial charge is 0.324 e. The van der Waals surface area contributed by atoms with Crippen molar-refractivity contribution in [3.05, 3.63) is 29.0 Å². The summed E-state index contributed by atoms with van der Waals surface area (Å²) < 4.78 is 2.42. The van der Waals surface area contributed by atoms with Crippen molar-refractivity contribution >= 4 is 46.0 Å². The van der Waals surface area contributed by atoms with E-state index in [4.69, 9.17) is 28.2 Å². The van der Waals surface area contributed by atoms with Crippen LogP contribution in [0.1, 0.15) is 38.1 Å². The fraction of sp³-hybridized carbons (Fsp3) is 0.562. The molecule has 0 amide bonds. The molecule has 2 nitrogen and oxygen atoms in total. The van der Waals surface area contributed by atoms with Gasteiger partial charge in [0.1, 0.15) is 5.82 Å². The van der Waals surface area contributed by atoms with Crippen molar-refractivity contribution in [2.75, 3.05) is 11.6 Å². The maximum atomic E-state index is 6.21. The van der Waals surface area contributed by atoms with Gasteiger partial charge < -0.3 is 4.57 Å². The summed E-state index contributed by atoms with van der Waals surface area (Å²) in [5.74, 6) is 2.88. The monoisotopic (exact) mass is 342 g/mol. The first-order valence-electron chi connectivity index (χ1n) is 7.58. The van der Waals surface area contributed by atoms with Crippen molar-refractivity contribution in [2.45, 2.75) is 43.9 Å². The lowest BCUT2D eigenvalue weighted by Gasteiger charge is -2.23. The number of hydrogen-bond donors (Lipinski definition) is 0. The molecule has 1 aliphatic carbocycles. The van der Waals surface area contributed by atoms with Gasteiger partial charge in [-0.15, -0.1) is 11.6 Å². The SMILES string of the molecule is CCSC1CCCC1n1c(CCCl)nc2ccc(Cl)cc21. The normalized spacial score (nSPS) is 22.2. The van der Waals surface area contributed by atoms with Gasteiger partial charge in [0, 0.05) is 28.6 Å². The van der Waals surface area contributed by atoms with Crippen LogP contribution in [-0.4, -0.2) is 26.4 Å². The molecule has 0 saturated heterocycles. The molecule has 2 atom stereocenters. The van der Waals surface area contributed by atoms with E-state index in [2.05, 4.69) is 23.3 Å². The number of rotatable bonds is 5. The minimum absolute atomic E-state index is 0.525. The second-order valence-electron chi connectivity index (χ2n) is 5.46. The summed E-state index contributed by atoms with van der Waals surface area (Å²) in [6.07, 6.45) is 4.63. The van der Waals surface area contributed by atoms with Gasteiger partial charge in [0.05, 0.1) is 11.0 Å². The number of benzene rings is 1. The van der Waals surface area contributed by atoms with Gasteiger partial charge in [-0.25, -0.2) is 4.98 Å². The van der Waals surface area contributed by atoms with E-state index in [0.29, 0.717) is 17.2 Å². The van der Waals surface area contributed by atoms with Gasteiger partial charge in [0.15, 0.2) is 0 Å². The molecule has 0 aliphatic heterocycles. The van der Waals surface area contributed by atoms with Gasteiger partial charge in [0.2, 0.25) is 0 Å². The van der Waals surface area contributed by atoms with Gasteiger partial charge in [-0.05, 0) is 36.8 Å². The van der Waals surface area contributed by atoms with E-state index >= 15 is 0 Å². The smallest absolute Gasteiger partial charge is 0.111 e. The number of hydrogen-bond acceptors (Lipinski definition) is 2. The van der Waals surface area contributed by atoms with E-state index in [0.717, 1.165) is 28.3 Å². The minimum Gasteiger partial charge on any atom is -0.324 e. The van der Waals surface area contributed by atoms with Gasteiger partial charge in [-0.2, -0.15) is 11.8 Å². The summed E-state index contributed by atoms with van der Waals surface area (Å²) in [6, 6.07) is 6.51. The lowest BCUT2D eigenvalue weighted by atomic mass is 10.2. The molecule has 1 fully saturated rings. The van der Waals surface area contributed by atoms with Crippen LogP contribution in [0.5, 0.6) is 0 Å². The van der Waals surface area contributed by atoms with Gasteiger partial charge in [-0.1, -0.05) is 24.9 Å². The summed E-state index contributed by atoms with van der Waals surface area (Å²) >= 11 is 14.3. The van der Waals surface area contributed by atoms with Crippen LogP contribution in [0.15, 0.2) is 18.2 Å². The van der Waals surface area contributed by atoms with Crippen molar-refractivity contribution < 1.29 is 0 Å². The predicted molar refractivity (Wildman–Crippen MR) is 94.0 cm³/mol. The predicted octanol–water partition coefficient (Wildman–Crippen LogP) is 5.32. The molecule has 21 heavy (non-hydrogen) atoms. The van der Waals surface area contributed by atoms with E-state index in [1.165, 1.54) is 25.0 Å². The van der Waals surface area contributed by atoms with Crippen LogP contribution >= 0.6 is 35.0 Å². The zero-order valence-corrected chi connectivity index (χ0v) is 14.5. The van der Waals surface area contributed by atoms with Crippen LogP contribution in [0.25, 0.3) is 11.0 Å². The molecule has 1 saturated carbocycles. The second-order valence-corrected chi connectivity index (χ2v) is 7.79. The zero-order valence-electron chi connectivity index (χ0n) is 12.2. The van der Waals surface area contributed by atoms with E-state index in [-0.39, 0.29) is 0 Å². The minimum atomic E-state index is 0.525. The topological polar surface area (TPSA) is 17.8 Å². The number of aromatic nitrogens is 2. The molecular weight excluding hydrogens is 323 g/mol. The third kappa shape index (κ3) is 3.06. The molecule has 0 N–H and O–H groups in total. The summed E-state index contributed by atoms with van der Waals surface area (Å²) in [5, 5.41) is 1.46. The van der Waals surface area contributed by atoms with E-state index < -0.39 is 0 Å². The zero-order chi connectivity index (χ0) is 14.8. The lowest BCUT2D eigenvalue weighted by Crippen LogP contribution is -2.19. The quantitative estimate of drug-likeness (QED) is 0.684. The third-order valence-electron chi connectivity index (χ3n) is 4.17. The second kappa shape index (κ2) is 6.80. The van der Waals surface area contributed by atoms with Crippen molar-refractivity contribution in [1.82, 2.24) is 9.55 Å². The molecule has 2 aromatic rings. The van der Waals surface area contributed by atoms with Crippen LogP contribution in [0.2, 0.25) is 5.02 Å². The molecule has 0 radical (unpaired) electrons. The highest BCUT2D eigenvalue weighted by Gasteiger charge is 2.31. The summed E-state index contributed by atoms with van der Waals surface area (Å²) in [7, 11) is 0. The number of aryl methyl sites for hydroxylation is 1. The Morgan fingerprint density at radius 3 is 3.00 bits per heavy atom. The Morgan fingerprint density at radius 2 is 2.24 bits per heavy atom. The first kappa shape index (κ1) is 15.5. The number of alkyl halides is 1. The van der Waals surface area contributed by atoms with E-state index in [1.807, 2.05) is 18.2 Å². The maximum Gasteiger partial charge on any atom is 0.111 e. The van der Waals surface area contributed by atoms with Crippen LogP contribution in [0.4, 0.5) is 0 Å². The van der Waals surface area contributed by atoms with Crippen LogP contribution < -0.4 is 0 Å². The summed E-state index contributed by atoms with van der Waals surface area (Å²) in [6.45, 7) is 2.24. The highest BCUT2D eigenvalue weighted by molar-refractivity contribution is 7.99. The molecule has 0 spiro atoms. The number of fused-ring (bicyclic) bond motifs is 1. The Bertz CT molecular complexity index is 626. The lowest BCUT2D eigenvalue weighted by molar-refractivity contribution is 0.522. The number of halogens is 2. The highest BCUT2D eigenvalue weighted by Crippen LogP contribution is 2.41. The van der Waals surface area contributed by atoms with Crippen molar-refractivity contribution in [2.24, 2.45) is 0 Å². The summed E-state index contributed by atoms with van der Waals surface area (Å²) in [5.41, 5.74) is 2.20. The first-order chi connectivity index (χ1) is 10.2. The van der Waals surface area contributed by atoms with Gasteiger partial charge in [0.25, 0.3) is 0 Å². The average molecular weight is 343 g/mol. The molecule has 5 heteroatoms. The first-order valence-corrected chi connectivity index (χ1v) is 9.54.